The molecule has 0 aromatic rings. The summed E-state index contributed by atoms with van der Waals surface area (Å²) >= 11 is 0. The number of sulfonamides is 2. The molecule has 0 saturated heterocycles. The number of primary sulfonamides is 2. The summed E-state index contributed by atoms with van der Waals surface area (Å²) in [5, 5.41) is 9.76. The fraction of sp³-hybridized carbons (Fsp3) is 0.714. The first kappa shape index (κ1) is 17.7. The van der Waals surface area contributed by atoms with Crippen LogP contribution in [0.25, 0.3) is 0 Å². The van der Waals surface area contributed by atoms with Crippen LogP contribution < -0.4 is 10.3 Å². The van der Waals surface area contributed by atoms with Crippen molar-refractivity contribution < 1.29 is 16.8 Å². The van der Waals surface area contributed by atoms with E-state index in [-0.39, 0.29) is 10.8 Å². The van der Waals surface area contributed by atoms with Crippen molar-refractivity contribution in [2.24, 2.45) is 21.6 Å². The number of allylic oxidation sites excluding steroid dienone is 3. The smallest absolute Gasteiger partial charge is 0.228 e. The van der Waals surface area contributed by atoms with Gasteiger partial charge in [0.15, 0.2) is 0 Å². The molecular formula is C14H24N2O4S2. The molecule has 1 saturated carbocycles. The van der Waals surface area contributed by atoms with Gasteiger partial charge in [0.05, 0.1) is 4.91 Å². The van der Waals surface area contributed by atoms with Crippen molar-refractivity contribution in [1.29, 1.82) is 0 Å². The molecule has 0 amide bonds. The van der Waals surface area contributed by atoms with Crippen LogP contribution in [-0.4, -0.2) is 22.1 Å². The first-order valence-corrected chi connectivity index (χ1v) is 10.6. The summed E-state index contributed by atoms with van der Waals surface area (Å²) in [5.41, 5.74) is -0.558. The van der Waals surface area contributed by atoms with Crippen molar-refractivity contribution in [2.75, 3.05) is 0 Å². The highest BCUT2D eigenvalue weighted by Crippen LogP contribution is 2.51. The molecule has 8 heteroatoms. The Balaban J connectivity index is 2.67. The molecule has 22 heavy (non-hydrogen) atoms. The van der Waals surface area contributed by atoms with E-state index in [1.807, 2.05) is 0 Å². The highest BCUT2D eigenvalue weighted by atomic mass is 32.2. The van der Waals surface area contributed by atoms with Gasteiger partial charge in [-0.2, -0.15) is 0 Å². The summed E-state index contributed by atoms with van der Waals surface area (Å²) < 4.78 is 48.5. The maximum absolute atomic E-state index is 12.1. The molecule has 2 aliphatic rings. The first-order chi connectivity index (χ1) is 9.97. The maximum Gasteiger partial charge on any atom is 0.234 e. The van der Waals surface area contributed by atoms with Gasteiger partial charge in [0.1, 0.15) is 5.25 Å². The summed E-state index contributed by atoms with van der Waals surface area (Å²) in [5.74, 6) is -0.0708. The van der Waals surface area contributed by atoms with Gasteiger partial charge in [0.2, 0.25) is 20.0 Å². The molecule has 2 aliphatic carbocycles. The fourth-order valence-electron chi connectivity index (χ4n) is 3.92. The molecule has 6 nitrogen and oxygen atoms in total. The minimum Gasteiger partial charge on any atom is -0.228 e. The van der Waals surface area contributed by atoms with E-state index in [1.54, 1.807) is 19.9 Å². The van der Waals surface area contributed by atoms with Crippen molar-refractivity contribution in [3.8, 4) is 0 Å². The van der Waals surface area contributed by atoms with Crippen LogP contribution >= 0.6 is 0 Å². The van der Waals surface area contributed by atoms with Crippen LogP contribution in [0.15, 0.2) is 22.6 Å². The lowest BCUT2D eigenvalue weighted by atomic mass is 9.66. The van der Waals surface area contributed by atoms with Crippen molar-refractivity contribution in [1.82, 2.24) is 0 Å². The Morgan fingerprint density at radius 3 is 2.09 bits per heavy atom. The Labute approximate surface area is 132 Å². The summed E-state index contributed by atoms with van der Waals surface area (Å²) in [7, 11) is -7.95. The lowest BCUT2D eigenvalue weighted by molar-refractivity contribution is 0.187. The van der Waals surface area contributed by atoms with Crippen LogP contribution in [0, 0.1) is 11.3 Å². The van der Waals surface area contributed by atoms with Crippen molar-refractivity contribution in [3.63, 3.8) is 0 Å². The monoisotopic (exact) mass is 348 g/mol. The molecule has 2 rings (SSSR count). The zero-order valence-corrected chi connectivity index (χ0v) is 14.6. The molecule has 0 spiro atoms. The zero-order valence-electron chi connectivity index (χ0n) is 12.9. The van der Waals surface area contributed by atoms with E-state index in [9.17, 15) is 16.8 Å². The second-order valence-corrected chi connectivity index (χ2v) is 9.81. The van der Waals surface area contributed by atoms with Gasteiger partial charge in [0, 0.05) is 5.41 Å². The van der Waals surface area contributed by atoms with E-state index >= 15 is 0 Å². The van der Waals surface area contributed by atoms with Gasteiger partial charge in [-0.1, -0.05) is 37.8 Å². The van der Waals surface area contributed by atoms with Crippen LogP contribution in [0.2, 0.25) is 0 Å². The van der Waals surface area contributed by atoms with Gasteiger partial charge >= 0.3 is 0 Å². The number of nitrogens with two attached hydrogens (primary N) is 2. The summed E-state index contributed by atoms with van der Waals surface area (Å²) in [6.45, 7) is 3.33. The van der Waals surface area contributed by atoms with Crippen LogP contribution in [0.5, 0.6) is 0 Å². The molecule has 2 unspecified atom stereocenters. The van der Waals surface area contributed by atoms with Gasteiger partial charge in [0.25, 0.3) is 0 Å². The molecule has 126 valence electrons. The molecule has 0 radical (unpaired) electrons. The standard InChI is InChI=1S/C14H24N2O4S2/c1-10-8-12(21(15,17)18)14(2,11-6-4-3-5-7-11)13(9-10)22(16,19)20/h8-9,11-12H,3-7H2,1-2H3,(H2,15,17,18)(H2,16,19,20). The SMILES string of the molecule is CC1=CC(S(N)(=O)=O)C(C)(C2CCCCC2)C(S(N)(=O)=O)=C1. The number of hydrogen-bond donors (Lipinski definition) is 2. The van der Waals surface area contributed by atoms with E-state index in [0.29, 0.717) is 5.57 Å². The topological polar surface area (TPSA) is 120 Å². The van der Waals surface area contributed by atoms with Gasteiger partial charge < -0.3 is 0 Å². The molecular weight excluding hydrogens is 324 g/mol. The quantitative estimate of drug-likeness (QED) is 0.800. The molecule has 0 aromatic carbocycles. The average molecular weight is 348 g/mol. The second-order valence-electron chi connectivity index (χ2n) is 6.59. The zero-order chi connectivity index (χ0) is 16.8. The minimum atomic E-state index is -4.01. The first-order valence-electron chi connectivity index (χ1n) is 7.42. The Hall–Kier alpha value is -0.700. The normalized spacial score (nSPS) is 31.5. The Morgan fingerprint density at radius 2 is 1.64 bits per heavy atom. The molecule has 0 aliphatic heterocycles. The maximum atomic E-state index is 12.1. The van der Waals surface area contributed by atoms with Gasteiger partial charge in [-0.25, -0.2) is 27.1 Å². The third kappa shape index (κ3) is 3.15. The molecule has 4 N–H and O–H groups in total. The van der Waals surface area contributed by atoms with Crippen LogP contribution in [0.4, 0.5) is 0 Å². The van der Waals surface area contributed by atoms with Crippen LogP contribution in [-0.2, 0) is 20.0 Å². The van der Waals surface area contributed by atoms with E-state index in [2.05, 4.69) is 0 Å². The lowest BCUT2D eigenvalue weighted by Crippen LogP contribution is -2.51. The van der Waals surface area contributed by atoms with Gasteiger partial charge in [-0.3, -0.25) is 0 Å². The minimum absolute atomic E-state index is 0.00840. The van der Waals surface area contributed by atoms with Crippen molar-refractivity contribution >= 4 is 20.0 Å². The van der Waals surface area contributed by atoms with Crippen LogP contribution in [0.3, 0.4) is 0 Å². The van der Waals surface area contributed by atoms with Crippen molar-refractivity contribution in [3.05, 3.63) is 22.6 Å². The third-order valence-electron chi connectivity index (χ3n) is 5.01. The predicted octanol–water partition coefficient (Wildman–Crippen LogP) is 1.36. The third-order valence-corrected chi connectivity index (χ3v) is 7.51. The number of hydrogen-bond acceptors (Lipinski definition) is 4. The molecule has 0 heterocycles. The predicted molar refractivity (Wildman–Crippen MR) is 86.5 cm³/mol. The molecule has 0 aromatic heterocycles. The number of rotatable bonds is 3. The highest BCUT2D eigenvalue weighted by Gasteiger charge is 2.52. The average Bonchev–Trinajstić information content (AvgIpc) is 2.39. The van der Waals surface area contributed by atoms with Gasteiger partial charge in [-0.15, -0.1) is 0 Å². The highest BCUT2D eigenvalue weighted by molar-refractivity contribution is 7.93. The Morgan fingerprint density at radius 1 is 1.09 bits per heavy atom. The van der Waals surface area contributed by atoms with E-state index < -0.39 is 30.7 Å². The Bertz CT molecular complexity index is 716. The summed E-state index contributed by atoms with van der Waals surface area (Å²) in [4.78, 5) is -0.00840. The van der Waals surface area contributed by atoms with Crippen LogP contribution in [0.1, 0.15) is 46.0 Å². The van der Waals surface area contributed by atoms with Gasteiger partial charge in [-0.05, 0) is 31.8 Å². The van der Waals surface area contributed by atoms with Crippen molar-refractivity contribution in [2.45, 2.75) is 51.2 Å². The van der Waals surface area contributed by atoms with E-state index in [1.165, 1.54) is 6.08 Å². The summed E-state index contributed by atoms with van der Waals surface area (Å²) in [6, 6.07) is 0. The molecule has 1 fully saturated rings. The largest absolute Gasteiger partial charge is 0.234 e. The fourth-order valence-corrected chi connectivity index (χ4v) is 6.66. The Kier molecular flexibility index (Phi) is 4.60. The summed E-state index contributed by atoms with van der Waals surface area (Å²) in [6.07, 6.45) is 7.60. The lowest BCUT2D eigenvalue weighted by Gasteiger charge is -2.46. The van der Waals surface area contributed by atoms with E-state index in [4.69, 9.17) is 10.3 Å². The van der Waals surface area contributed by atoms with E-state index in [0.717, 1.165) is 32.1 Å². The molecule has 0 bridgehead atoms. The molecule has 2 atom stereocenters. The second kappa shape index (κ2) is 5.74.